The molecule has 0 aromatic heterocycles. The topological polar surface area (TPSA) is 186 Å². The Hall–Kier alpha value is -3.98. The highest BCUT2D eigenvalue weighted by molar-refractivity contribution is 8.13. The van der Waals surface area contributed by atoms with Gasteiger partial charge in [0, 0.05) is 13.0 Å². The second-order valence-corrected chi connectivity index (χ2v) is 15.0. The van der Waals surface area contributed by atoms with Gasteiger partial charge in [-0.2, -0.15) is 0 Å². The van der Waals surface area contributed by atoms with E-state index in [0.717, 1.165) is 17.3 Å². The number of benzene rings is 1. The van der Waals surface area contributed by atoms with Gasteiger partial charge in [0.05, 0.1) is 18.6 Å². The Balaban J connectivity index is 1.65. The minimum Gasteiger partial charge on any atom is -0.345 e. The lowest BCUT2D eigenvalue weighted by atomic mass is 10.0. The largest absolute Gasteiger partial charge is 0.345 e. The number of hydrogen-bond acceptors (Lipinski definition) is 9. The Labute approximate surface area is 291 Å². The summed E-state index contributed by atoms with van der Waals surface area (Å²) < 4.78 is 0. The molecule has 0 unspecified atom stereocenters. The van der Waals surface area contributed by atoms with E-state index in [1.165, 1.54) is 11.8 Å². The van der Waals surface area contributed by atoms with E-state index in [-0.39, 0.29) is 30.5 Å². The van der Waals surface area contributed by atoms with Crippen molar-refractivity contribution >= 4 is 52.3 Å². The molecule has 0 radical (unpaired) electrons. The number of fused-ring (bicyclic) bond motifs is 2. The number of rotatable bonds is 7. The van der Waals surface area contributed by atoms with E-state index in [2.05, 4.69) is 26.6 Å². The summed E-state index contributed by atoms with van der Waals surface area (Å²) in [7, 11) is 0. The SMILES string of the molecule is CCSC(=O)C(C)(C)NC(=O)[C@H]1[C@@H]2CN2C(=O)CNC(=O)[C@H](C(C)C)NC(=O)[C@H](Cc2ccccc2)NC(=O)[C@H](C)NC(=O)[C@@H]2CCCN21. The standard InChI is InChI=1S/C34H49N7O7S/c1-7-49-33(48)34(5,6)39-32(47)27-24-18-41(24)25(42)17-35-31(46)26(19(2)3)38-29(44)22(16-21-12-9-8-10-13-21)37-28(43)20(4)36-30(45)23-14-11-15-40(23)27/h8-10,12-13,19-20,22-24,26-27H,7,11,14-18H2,1-6H3,(H,35,46)(H,36,45)(H,37,43)(H,38,44)(H,39,47)/t20-,22-,23-,24-,26-,27+,41?/m0/s1. The fourth-order valence-corrected chi connectivity index (χ4v) is 6.97. The van der Waals surface area contributed by atoms with Gasteiger partial charge in [0.25, 0.3) is 0 Å². The fraction of sp³-hybridized carbons (Fsp3) is 0.618. The van der Waals surface area contributed by atoms with Crippen molar-refractivity contribution in [1.29, 1.82) is 0 Å². The van der Waals surface area contributed by atoms with Gasteiger partial charge in [0.1, 0.15) is 29.7 Å². The molecule has 0 saturated carbocycles. The molecule has 6 amide bonds. The molecule has 0 bridgehead atoms. The molecule has 1 aromatic carbocycles. The summed E-state index contributed by atoms with van der Waals surface area (Å²) in [6.45, 7) is 10.3. The maximum Gasteiger partial charge on any atom is 0.243 e. The molecule has 268 valence electrons. The van der Waals surface area contributed by atoms with Crippen LogP contribution in [0.3, 0.4) is 0 Å². The summed E-state index contributed by atoms with van der Waals surface area (Å²) in [5.74, 6) is -2.96. The first-order valence-corrected chi connectivity index (χ1v) is 17.9. The van der Waals surface area contributed by atoms with Crippen molar-refractivity contribution in [3.05, 3.63) is 35.9 Å². The maximum atomic E-state index is 14.0. The third-order valence-electron chi connectivity index (χ3n) is 9.11. The first-order valence-electron chi connectivity index (χ1n) is 16.9. The van der Waals surface area contributed by atoms with Crippen molar-refractivity contribution in [2.75, 3.05) is 25.4 Å². The van der Waals surface area contributed by atoms with Crippen LogP contribution in [0.5, 0.6) is 0 Å². The average molecular weight is 700 g/mol. The number of nitrogens with zero attached hydrogens (tertiary/aromatic N) is 2. The van der Waals surface area contributed by atoms with E-state index >= 15 is 0 Å². The van der Waals surface area contributed by atoms with E-state index in [1.54, 1.807) is 32.6 Å². The van der Waals surface area contributed by atoms with E-state index in [1.807, 2.05) is 37.3 Å². The molecule has 3 aliphatic rings. The summed E-state index contributed by atoms with van der Waals surface area (Å²) in [6.07, 6.45) is 1.12. The van der Waals surface area contributed by atoms with Crippen molar-refractivity contribution < 1.29 is 33.6 Å². The van der Waals surface area contributed by atoms with Crippen LogP contribution in [0, 0.1) is 5.92 Å². The maximum absolute atomic E-state index is 14.0. The Kier molecular flexibility index (Phi) is 12.5. The molecular weight excluding hydrogens is 650 g/mol. The second kappa shape index (κ2) is 16.2. The molecular formula is C34H49N7O7S. The lowest BCUT2D eigenvalue weighted by Gasteiger charge is -2.34. The molecule has 3 aliphatic heterocycles. The van der Waals surface area contributed by atoms with Crippen molar-refractivity contribution in [3.8, 4) is 0 Å². The van der Waals surface area contributed by atoms with Gasteiger partial charge in [-0.25, -0.2) is 0 Å². The third-order valence-corrected chi connectivity index (χ3v) is 10.2. The summed E-state index contributed by atoms with van der Waals surface area (Å²) >= 11 is 1.09. The lowest BCUT2D eigenvalue weighted by Crippen LogP contribution is -2.62. The normalized spacial score (nSPS) is 27.5. The van der Waals surface area contributed by atoms with Gasteiger partial charge in [-0.15, -0.1) is 0 Å². The van der Waals surface area contributed by atoms with Gasteiger partial charge >= 0.3 is 0 Å². The Morgan fingerprint density at radius 1 is 0.980 bits per heavy atom. The molecule has 1 aromatic rings. The van der Waals surface area contributed by atoms with E-state index in [0.29, 0.717) is 25.1 Å². The highest BCUT2D eigenvalue weighted by Gasteiger charge is 2.53. The number of hydrogen-bond donors (Lipinski definition) is 5. The van der Waals surface area contributed by atoms with E-state index in [9.17, 15) is 33.6 Å². The van der Waals surface area contributed by atoms with Crippen molar-refractivity contribution in [2.24, 2.45) is 5.92 Å². The number of amides is 6. The molecule has 3 saturated heterocycles. The molecule has 3 fully saturated rings. The van der Waals surface area contributed by atoms with E-state index < -0.39 is 77.2 Å². The zero-order valence-corrected chi connectivity index (χ0v) is 29.9. The van der Waals surface area contributed by atoms with Gasteiger partial charge in [-0.05, 0) is 57.4 Å². The van der Waals surface area contributed by atoms with Crippen LogP contribution in [0.2, 0.25) is 0 Å². The Morgan fingerprint density at radius 3 is 2.33 bits per heavy atom. The van der Waals surface area contributed by atoms with Crippen LogP contribution in [0.15, 0.2) is 30.3 Å². The van der Waals surface area contributed by atoms with Crippen LogP contribution >= 0.6 is 11.8 Å². The molecule has 4 rings (SSSR count). The molecule has 49 heavy (non-hydrogen) atoms. The van der Waals surface area contributed by atoms with Gasteiger partial charge in [-0.3, -0.25) is 38.5 Å². The Bertz CT molecular complexity index is 1440. The third kappa shape index (κ3) is 9.38. The molecule has 3 heterocycles. The zero-order chi connectivity index (χ0) is 36.0. The first-order chi connectivity index (χ1) is 23.1. The highest BCUT2D eigenvalue weighted by Crippen LogP contribution is 2.31. The van der Waals surface area contributed by atoms with Crippen LogP contribution < -0.4 is 26.6 Å². The Morgan fingerprint density at radius 2 is 1.67 bits per heavy atom. The van der Waals surface area contributed by atoms with Crippen LogP contribution in [0.1, 0.15) is 59.9 Å². The molecule has 0 spiro atoms. The number of carbonyl (C=O) groups is 7. The minimum absolute atomic E-state index is 0.128. The molecule has 5 N–H and O–H groups in total. The smallest absolute Gasteiger partial charge is 0.243 e. The summed E-state index contributed by atoms with van der Waals surface area (Å²) in [5, 5.41) is 13.5. The van der Waals surface area contributed by atoms with Gasteiger partial charge < -0.3 is 31.5 Å². The zero-order valence-electron chi connectivity index (χ0n) is 29.0. The van der Waals surface area contributed by atoms with Gasteiger partial charge in [-0.1, -0.05) is 62.9 Å². The molecule has 0 aliphatic carbocycles. The summed E-state index contributed by atoms with van der Waals surface area (Å²) in [4.78, 5) is 97.5. The number of nitrogens with one attached hydrogen (secondary N) is 5. The number of carbonyl (C=O) groups excluding carboxylic acids is 7. The lowest BCUT2D eigenvalue weighted by molar-refractivity contribution is -0.137. The second-order valence-electron chi connectivity index (χ2n) is 13.7. The summed E-state index contributed by atoms with van der Waals surface area (Å²) in [5.41, 5.74) is -0.437. The first kappa shape index (κ1) is 37.8. The molecule has 15 heteroatoms. The van der Waals surface area contributed by atoms with Crippen molar-refractivity contribution in [2.45, 2.75) is 103 Å². The minimum atomic E-state index is -1.21. The predicted molar refractivity (Wildman–Crippen MR) is 184 cm³/mol. The van der Waals surface area contributed by atoms with Crippen molar-refractivity contribution in [1.82, 2.24) is 36.4 Å². The predicted octanol–water partition coefficient (Wildman–Crippen LogP) is -0.292. The van der Waals surface area contributed by atoms with Crippen molar-refractivity contribution in [3.63, 3.8) is 0 Å². The fourth-order valence-electron chi connectivity index (χ4n) is 6.30. The van der Waals surface area contributed by atoms with Crippen LogP contribution in [-0.2, 0) is 40.0 Å². The van der Waals surface area contributed by atoms with Crippen LogP contribution in [-0.4, -0.2) is 118 Å². The monoisotopic (exact) mass is 699 g/mol. The average Bonchev–Trinajstić information content (AvgIpc) is 3.67. The van der Waals surface area contributed by atoms with Gasteiger partial charge in [0.15, 0.2) is 0 Å². The molecule has 6 atom stereocenters. The quantitative estimate of drug-likeness (QED) is 0.239. The summed E-state index contributed by atoms with van der Waals surface area (Å²) in [6, 6.07) is 3.59. The van der Waals surface area contributed by atoms with Crippen LogP contribution in [0.25, 0.3) is 0 Å². The van der Waals surface area contributed by atoms with Gasteiger partial charge in [0.2, 0.25) is 40.6 Å². The molecule has 14 nitrogen and oxygen atoms in total. The van der Waals surface area contributed by atoms with Crippen LogP contribution in [0.4, 0.5) is 0 Å². The van der Waals surface area contributed by atoms with E-state index in [4.69, 9.17) is 0 Å². The highest BCUT2D eigenvalue weighted by atomic mass is 32.2. The number of thioether (sulfide) groups is 1.